The summed E-state index contributed by atoms with van der Waals surface area (Å²) in [4.78, 5) is 0. The van der Waals surface area contributed by atoms with Gasteiger partial charge in [0.1, 0.15) is 12.0 Å². The van der Waals surface area contributed by atoms with Gasteiger partial charge >= 0.3 is 0 Å². The SMILES string of the molecule is CC(C)(C)c1nocc1N. The number of nitrogens with zero attached hydrogens (tertiary/aromatic N) is 1. The molecule has 1 aromatic heterocycles. The van der Waals surface area contributed by atoms with Crippen molar-refractivity contribution in [1.82, 2.24) is 5.16 Å². The highest BCUT2D eigenvalue weighted by molar-refractivity contribution is 5.42. The summed E-state index contributed by atoms with van der Waals surface area (Å²) >= 11 is 0. The highest BCUT2D eigenvalue weighted by Crippen LogP contribution is 2.25. The third-order valence-electron chi connectivity index (χ3n) is 1.31. The van der Waals surface area contributed by atoms with Gasteiger partial charge < -0.3 is 10.3 Å². The molecule has 2 N–H and O–H groups in total. The van der Waals surface area contributed by atoms with E-state index in [0.29, 0.717) is 5.69 Å². The Hall–Kier alpha value is -0.990. The fourth-order valence-corrected chi connectivity index (χ4v) is 0.814. The summed E-state index contributed by atoms with van der Waals surface area (Å²) in [7, 11) is 0. The lowest BCUT2D eigenvalue weighted by atomic mass is 9.92. The Morgan fingerprint density at radius 3 is 2.30 bits per heavy atom. The zero-order valence-corrected chi connectivity index (χ0v) is 6.51. The first-order valence-electron chi connectivity index (χ1n) is 3.22. The maximum Gasteiger partial charge on any atom is 0.147 e. The average Bonchev–Trinajstić information content (AvgIpc) is 2.11. The van der Waals surface area contributed by atoms with Gasteiger partial charge in [-0.2, -0.15) is 0 Å². The molecule has 0 aromatic carbocycles. The molecule has 56 valence electrons. The predicted octanol–water partition coefficient (Wildman–Crippen LogP) is 1.55. The number of aromatic nitrogens is 1. The van der Waals surface area contributed by atoms with Crippen LogP contribution >= 0.6 is 0 Å². The van der Waals surface area contributed by atoms with Crippen molar-refractivity contribution in [3.63, 3.8) is 0 Å². The van der Waals surface area contributed by atoms with Crippen LogP contribution in [0.15, 0.2) is 10.8 Å². The molecule has 1 heterocycles. The molecule has 0 fully saturated rings. The molecule has 0 aliphatic rings. The lowest BCUT2D eigenvalue weighted by molar-refractivity contribution is 0.393. The summed E-state index contributed by atoms with van der Waals surface area (Å²) in [6.45, 7) is 6.13. The molecule has 1 aromatic rings. The molecule has 10 heavy (non-hydrogen) atoms. The van der Waals surface area contributed by atoms with Crippen molar-refractivity contribution in [3.8, 4) is 0 Å². The minimum Gasteiger partial charge on any atom is -0.395 e. The van der Waals surface area contributed by atoms with Crippen LogP contribution in [0.5, 0.6) is 0 Å². The van der Waals surface area contributed by atoms with Crippen molar-refractivity contribution in [3.05, 3.63) is 12.0 Å². The Kier molecular flexibility index (Phi) is 1.43. The maximum absolute atomic E-state index is 5.57. The number of hydrogen-bond donors (Lipinski definition) is 1. The van der Waals surface area contributed by atoms with Crippen LogP contribution in [0.3, 0.4) is 0 Å². The van der Waals surface area contributed by atoms with Crippen LogP contribution in [0.2, 0.25) is 0 Å². The van der Waals surface area contributed by atoms with Crippen molar-refractivity contribution < 1.29 is 4.52 Å². The number of hydrogen-bond acceptors (Lipinski definition) is 3. The Morgan fingerprint density at radius 2 is 2.10 bits per heavy atom. The lowest BCUT2D eigenvalue weighted by Gasteiger charge is -2.14. The Morgan fingerprint density at radius 1 is 1.50 bits per heavy atom. The normalized spacial score (nSPS) is 11.9. The maximum atomic E-state index is 5.57. The van der Waals surface area contributed by atoms with Crippen LogP contribution in [0, 0.1) is 0 Å². The Balaban J connectivity index is 3.05. The van der Waals surface area contributed by atoms with Crippen LogP contribution in [-0.2, 0) is 5.41 Å². The first-order valence-corrected chi connectivity index (χ1v) is 3.22. The molecule has 0 unspecified atom stereocenters. The summed E-state index contributed by atoms with van der Waals surface area (Å²) in [5.41, 5.74) is 7.01. The fraction of sp³-hybridized carbons (Fsp3) is 0.571. The number of anilines is 1. The molecule has 0 radical (unpaired) electrons. The predicted molar refractivity (Wildman–Crippen MR) is 39.6 cm³/mol. The van der Waals surface area contributed by atoms with Crippen molar-refractivity contribution in [2.45, 2.75) is 26.2 Å². The second-order valence-electron chi connectivity index (χ2n) is 3.37. The summed E-state index contributed by atoms with van der Waals surface area (Å²) in [5, 5.41) is 3.79. The van der Waals surface area contributed by atoms with Gasteiger partial charge in [0.05, 0.1) is 5.69 Å². The van der Waals surface area contributed by atoms with E-state index >= 15 is 0 Å². The molecule has 0 atom stereocenters. The third kappa shape index (κ3) is 1.12. The molecular weight excluding hydrogens is 128 g/mol. The van der Waals surface area contributed by atoms with Crippen molar-refractivity contribution in [2.75, 3.05) is 5.73 Å². The van der Waals surface area contributed by atoms with E-state index in [0.717, 1.165) is 5.69 Å². The molecular formula is C7H12N2O. The minimum atomic E-state index is -0.0168. The molecule has 3 nitrogen and oxygen atoms in total. The van der Waals surface area contributed by atoms with E-state index in [4.69, 9.17) is 10.3 Å². The molecule has 0 spiro atoms. The topological polar surface area (TPSA) is 52.0 Å². The van der Waals surface area contributed by atoms with Gasteiger partial charge in [0, 0.05) is 5.41 Å². The van der Waals surface area contributed by atoms with Gasteiger partial charge in [-0.15, -0.1) is 0 Å². The summed E-state index contributed by atoms with van der Waals surface area (Å²) in [6, 6.07) is 0. The van der Waals surface area contributed by atoms with Crippen LogP contribution < -0.4 is 5.73 Å². The van der Waals surface area contributed by atoms with Gasteiger partial charge in [-0.25, -0.2) is 0 Å². The van der Waals surface area contributed by atoms with Gasteiger partial charge in [-0.1, -0.05) is 25.9 Å². The molecule has 0 aliphatic heterocycles. The second kappa shape index (κ2) is 2.01. The second-order valence-corrected chi connectivity index (χ2v) is 3.37. The van der Waals surface area contributed by atoms with Crippen LogP contribution in [0.1, 0.15) is 26.5 Å². The van der Waals surface area contributed by atoms with Gasteiger partial charge in [0.25, 0.3) is 0 Å². The number of nitrogens with two attached hydrogens (primary N) is 1. The van der Waals surface area contributed by atoms with Gasteiger partial charge in [-0.05, 0) is 0 Å². The minimum absolute atomic E-state index is 0.0168. The van der Waals surface area contributed by atoms with Gasteiger partial charge in [0.15, 0.2) is 0 Å². The summed E-state index contributed by atoms with van der Waals surface area (Å²) in [6.07, 6.45) is 1.46. The van der Waals surface area contributed by atoms with E-state index in [9.17, 15) is 0 Å². The van der Waals surface area contributed by atoms with Crippen LogP contribution in [-0.4, -0.2) is 5.16 Å². The lowest BCUT2D eigenvalue weighted by Crippen LogP contribution is -2.13. The first kappa shape index (κ1) is 7.12. The third-order valence-corrected chi connectivity index (χ3v) is 1.31. The first-order chi connectivity index (χ1) is 4.52. The Bertz CT molecular complexity index is 222. The van der Waals surface area contributed by atoms with E-state index in [1.54, 1.807) is 0 Å². The van der Waals surface area contributed by atoms with Crippen molar-refractivity contribution in [1.29, 1.82) is 0 Å². The summed E-state index contributed by atoms with van der Waals surface area (Å²) in [5.74, 6) is 0. The number of nitrogen functional groups attached to an aromatic ring is 1. The Labute approximate surface area is 60.2 Å². The zero-order chi connectivity index (χ0) is 7.78. The largest absolute Gasteiger partial charge is 0.395 e. The quantitative estimate of drug-likeness (QED) is 0.594. The van der Waals surface area contributed by atoms with E-state index in [2.05, 4.69) is 5.16 Å². The fourth-order valence-electron chi connectivity index (χ4n) is 0.814. The van der Waals surface area contributed by atoms with E-state index < -0.39 is 0 Å². The molecule has 0 aliphatic carbocycles. The summed E-state index contributed by atoms with van der Waals surface area (Å²) < 4.78 is 4.70. The molecule has 3 heteroatoms. The van der Waals surface area contributed by atoms with Crippen molar-refractivity contribution >= 4 is 5.69 Å². The highest BCUT2D eigenvalue weighted by Gasteiger charge is 2.20. The average molecular weight is 140 g/mol. The molecule has 0 saturated heterocycles. The van der Waals surface area contributed by atoms with E-state index in [-0.39, 0.29) is 5.41 Å². The molecule has 0 saturated carbocycles. The smallest absolute Gasteiger partial charge is 0.147 e. The van der Waals surface area contributed by atoms with Crippen LogP contribution in [0.4, 0.5) is 5.69 Å². The van der Waals surface area contributed by atoms with Gasteiger partial charge in [0.2, 0.25) is 0 Å². The molecule has 1 rings (SSSR count). The van der Waals surface area contributed by atoms with Crippen molar-refractivity contribution in [2.24, 2.45) is 0 Å². The highest BCUT2D eigenvalue weighted by atomic mass is 16.5. The zero-order valence-electron chi connectivity index (χ0n) is 6.51. The molecule has 0 bridgehead atoms. The van der Waals surface area contributed by atoms with E-state index in [1.165, 1.54) is 6.26 Å². The van der Waals surface area contributed by atoms with Crippen LogP contribution in [0.25, 0.3) is 0 Å². The monoisotopic (exact) mass is 140 g/mol. The molecule has 0 amide bonds. The van der Waals surface area contributed by atoms with E-state index in [1.807, 2.05) is 20.8 Å². The number of rotatable bonds is 0. The van der Waals surface area contributed by atoms with Gasteiger partial charge in [-0.3, -0.25) is 0 Å². The standard InChI is InChI=1S/C7H12N2O/c1-7(2,3)6-5(8)4-10-9-6/h4H,8H2,1-3H3.